The molecular weight excluding hydrogens is 510 g/mol. The van der Waals surface area contributed by atoms with Gasteiger partial charge in [0.2, 0.25) is 0 Å². The molecule has 1 amide bonds. The highest BCUT2D eigenvalue weighted by Gasteiger charge is 2.22. The van der Waals surface area contributed by atoms with Gasteiger partial charge in [0.15, 0.2) is 5.76 Å². The Morgan fingerprint density at radius 1 is 0.865 bits per heavy atom. The summed E-state index contributed by atoms with van der Waals surface area (Å²) in [5.41, 5.74) is 1.70. The lowest BCUT2D eigenvalue weighted by Gasteiger charge is -2.05. The second-order valence-electron chi connectivity index (χ2n) is 7.67. The molecule has 0 saturated carbocycles. The van der Waals surface area contributed by atoms with Crippen molar-refractivity contribution in [2.45, 2.75) is 0 Å². The standard InChI is InChI=1S/C23H16ClNO5S.C6H6/c1-29-16-8-4-13(5-9-16)18-10-11-19(30-18)22(26)25-17-12-31-21(20(17)23(27)28)14-2-6-15(24)7-3-14;1-2-4-6-5-3-1/h2-12H,1H3,(H,25,26)(H,27,28);1-6H. The summed E-state index contributed by atoms with van der Waals surface area (Å²) in [5, 5.41) is 14.5. The number of carbonyl (C=O) groups excluding carboxylic acids is 1. The minimum absolute atomic E-state index is 0.0163. The second-order valence-corrected chi connectivity index (χ2v) is 8.98. The van der Waals surface area contributed by atoms with E-state index in [1.54, 1.807) is 61.0 Å². The van der Waals surface area contributed by atoms with Gasteiger partial charge in [-0.05, 0) is 54.1 Å². The molecule has 3 aromatic carbocycles. The number of furan rings is 1. The first-order chi connectivity index (χ1) is 18.0. The van der Waals surface area contributed by atoms with E-state index in [-0.39, 0.29) is 17.0 Å². The lowest BCUT2D eigenvalue weighted by Crippen LogP contribution is -2.13. The fraction of sp³-hybridized carbons (Fsp3) is 0.0345. The molecule has 0 radical (unpaired) electrons. The first kappa shape index (κ1) is 25.8. The first-order valence-electron chi connectivity index (χ1n) is 11.1. The highest BCUT2D eigenvalue weighted by atomic mass is 35.5. The number of benzene rings is 3. The number of ether oxygens (including phenoxy) is 1. The minimum Gasteiger partial charge on any atom is -0.497 e. The summed E-state index contributed by atoms with van der Waals surface area (Å²) in [6.45, 7) is 0. The quantitative estimate of drug-likeness (QED) is 0.232. The molecule has 2 heterocycles. The highest BCUT2D eigenvalue weighted by Crippen LogP contribution is 2.37. The van der Waals surface area contributed by atoms with Crippen molar-refractivity contribution in [1.29, 1.82) is 0 Å². The summed E-state index contributed by atoms with van der Waals surface area (Å²) < 4.78 is 10.8. The summed E-state index contributed by atoms with van der Waals surface area (Å²) in [6, 6.07) is 29.3. The molecule has 5 aromatic rings. The lowest BCUT2D eigenvalue weighted by molar-refractivity contribution is 0.0699. The molecule has 2 aromatic heterocycles. The molecule has 8 heteroatoms. The smallest absolute Gasteiger partial charge is 0.339 e. The van der Waals surface area contributed by atoms with Gasteiger partial charge in [-0.3, -0.25) is 4.79 Å². The molecule has 0 saturated heterocycles. The van der Waals surface area contributed by atoms with E-state index in [1.165, 1.54) is 11.3 Å². The van der Waals surface area contributed by atoms with Gasteiger partial charge >= 0.3 is 5.97 Å². The van der Waals surface area contributed by atoms with E-state index in [1.807, 2.05) is 48.5 Å². The number of hydrogen-bond acceptors (Lipinski definition) is 5. The Morgan fingerprint density at radius 3 is 2.03 bits per heavy atom. The molecule has 2 N–H and O–H groups in total. The molecule has 5 rings (SSSR count). The topological polar surface area (TPSA) is 88.8 Å². The maximum atomic E-state index is 12.7. The summed E-state index contributed by atoms with van der Waals surface area (Å²) in [6.07, 6.45) is 0. The van der Waals surface area contributed by atoms with Gasteiger partial charge < -0.3 is 19.6 Å². The zero-order valence-corrected chi connectivity index (χ0v) is 21.3. The fourth-order valence-corrected chi connectivity index (χ4v) is 4.54. The van der Waals surface area contributed by atoms with Crippen molar-refractivity contribution in [3.63, 3.8) is 0 Å². The number of nitrogens with one attached hydrogen (secondary N) is 1. The SMILES string of the molecule is COc1ccc(-c2ccc(C(=O)Nc3csc(-c4ccc(Cl)cc4)c3C(=O)O)o2)cc1.c1ccccc1. The van der Waals surface area contributed by atoms with Crippen LogP contribution < -0.4 is 10.1 Å². The van der Waals surface area contributed by atoms with Gasteiger partial charge in [0.25, 0.3) is 5.91 Å². The van der Waals surface area contributed by atoms with E-state index in [2.05, 4.69) is 5.32 Å². The van der Waals surface area contributed by atoms with E-state index in [0.717, 1.165) is 5.56 Å². The van der Waals surface area contributed by atoms with Crippen molar-refractivity contribution in [3.05, 3.63) is 119 Å². The fourth-order valence-electron chi connectivity index (χ4n) is 3.42. The third-order valence-electron chi connectivity index (χ3n) is 5.23. The normalized spacial score (nSPS) is 10.2. The van der Waals surface area contributed by atoms with Crippen molar-refractivity contribution in [3.8, 4) is 27.5 Å². The molecule has 6 nitrogen and oxygen atoms in total. The Labute approximate surface area is 222 Å². The van der Waals surface area contributed by atoms with Crippen LogP contribution in [0.2, 0.25) is 5.02 Å². The number of hydrogen-bond donors (Lipinski definition) is 2. The van der Waals surface area contributed by atoms with Gasteiger partial charge in [-0.15, -0.1) is 11.3 Å². The van der Waals surface area contributed by atoms with E-state index in [0.29, 0.717) is 27.0 Å². The monoisotopic (exact) mass is 531 g/mol. The predicted molar refractivity (Wildman–Crippen MR) is 147 cm³/mol. The summed E-state index contributed by atoms with van der Waals surface area (Å²) in [7, 11) is 1.58. The van der Waals surface area contributed by atoms with E-state index < -0.39 is 11.9 Å². The highest BCUT2D eigenvalue weighted by molar-refractivity contribution is 7.14. The molecule has 37 heavy (non-hydrogen) atoms. The third-order valence-corrected chi connectivity index (χ3v) is 6.51. The number of anilines is 1. The summed E-state index contributed by atoms with van der Waals surface area (Å²) in [5.74, 6) is -0.383. The Hall–Kier alpha value is -4.33. The van der Waals surface area contributed by atoms with E-state index in [4.69, 9.17) is 20.8 Å². The summed E-state index contributed by atoms with van der Waals surface area (Å²) in [4.78, 5) is 25.1. The predicted octanol–water partition coefficient (Wildman–Crippen LogP) is 7.97. The molecule has 0 fully saturated rings. The molecule has 0 aliphatic carbocycles. The lowest BCUT2D eigenvalue weighted by atomic mass is 10.1. The number of carbonyl (C=O) groups is 2. The van der Waals surface area contributed by atoms with Crippen molar-refractivity contribution >= 4 is 40.5 Å². The maximum absolute atomic E-state index is 12.7. The number of carboxylic acid groups (broad SMARTS) is 1. The average molecular weight is 532 g/mol. The molecule has 0 bridgehead atoms. The van der Waals surface area contributed by atoms with Crippen molar-refractivity contribution in [2.75, 3.05) is 12.4 Å². The van der Waals surface area contributed by atoms with Crippen molar-refractivity contribution in [1.82, 2.24) is 0 Å². The Morgan fingerprint density at radius 2 is 1.46 bits per heavy atom. The van der Waals surface area contributed by atoms with Gasteiger partial charge in [0.05, 0.1) is 17.7 Å². The van der Waals surface area contributed by atoms with Crippen LogP contribution in [0.5, 0.6) is 5.75 Å². The van der Waals surface area contributed by atoms with Gasteiger partial charge in [0, 0.05) is 16.0 Å². The Bertz CT molecular complexity index is 1450. The largest absolute Gasteiger partial charge is 0.497 e. The van der Waals surface area contributed by atoms with Crippen LogP contribution in [-0.2, 0) is 0 Å². The number of rotatable bonds is 6. The van der Waals surface area contributed by atoms with Crippen molar-refractivity contribution < 1.29 is 23.8 Å². The third kappa shape index (κ3) is 6.46. The molecule has 0 unspecified atom stereocenters. The number of thiophene rings is 1. The molecule has 0 spiro atoms. The van der Waals surface area contributed by atoms with E-state index >= 15 is 0 Å². The number of aromatic carboxylic acids is 1. The number of carboxylic acids is 1. The van der Waals surface area contributed by atoms with Crippen molar-refractivity contribution in [2.24, 2.45) is 0 Å². The van der Waals surface area contributed by atoms with Crippen LogP contribution >= 0.6 is 22.9 Å². The molecular formula is C29H22ClNO5S. The Kier molecular flexibility index (Phi) is 8.40. The van der Waals surface area contributed by atoms with Gasteiger partial charge in [-0.1, -0.05) is 60.1 Å². The maximum Gasteiger partial charge on any atom is 0.339 e. The van der Waals surface area contributed by atoms with Crippen LogP contribution in [0.3, 0.4) is 0 Å². The Balaban J connectivity index is 0.000000469. The first-order valence-corrected chi connectivity index (χ1v) is 12.4. The van der Waals surface area contributed by atoms with Crippen LogP contribution in [0.1, 0.15) is 20.9 Å². The van der Waals surface area contributed by atoms with Crippen LogP contribution in [0, 0.1) is 0 Å². The molecule has 0 atom stereocenters. The number of amides is 1. The average Bonchev–Trinajstić information content (AvgIpc) is 3.59. The van der Waals surface area contributed by atoms with Crippen LogP contribution in [-0.4, -0.2) is 24.1 Å². The van der Waals surface area contributed by atoms with Gasteiger partial charge in [-0.2, -0.15) is 0 Å². The zero-order chi connectivity index (χ0) is 26.2. The van der Waals surface area contributed by atoms with Gasteiger partial charge in [0.1, 0.15) is 17.1 Å². The van der Waals surface area contributed by atoms with Gasteiger partial charge in [-0.25, -0.2) is 4.79 Å². The number of halogens is 1. The van der Waals surface area contributed by atoms with Crippen LogP contribution in [0.4, 0.5) is 5.69 Å². The van der Waals surface area contributed by atoms with Crippen LogP contribution in [0.25, 0.3) is 21.8 Å². The summed E-state index contributed by atoms with van der Waals surface area (Å²) >= 11 is 7.14. The molecule has 0 aliphatic rings. The van der Waals surface area contributed by atoms with E-state index in [9.17, 15) is 14.7 Å². The van der Waals surface area contributed by atoms with Crippen LogP contribution in [0.15, 0.2) is 107 Å². The minimum atomic E-state index is -1.14. The molecule has 186 valence electrons. The second kappa shape index (κ2) is 12.1. The molecule has 0 aliphatic heterocycles. The zero-order valence-electron chi connectivity index (χ0n) is 19.7. The number of methoxy groups -OCH3 is 1.